The van der Waals surface area contributed by atoms with Gasteiger partial charge >= 0.3 is 23.9 Å². The summed E-state index contributed by atoms with van der Waals surface area (Å²) >= 11 is 0. The predicted molar refractivity (Wildman–Crippen MR) is 508 cm³/mol. The van der Waals surface area contributed by atoms with Crippen LogP contribution >= 0.6 is 0 Å². The summed E-state index contributed by atoms with van der Waals surface area (Å²) in [6, 6.07) is 86.4. The van der Waals surface area contributed by atoms with Crippen LogP contribution in [0.2, 0.25) is 0 Å². The van der Waals surface area contributed by atoms with Gasteiger partial charge in [-0.2, -0.15) is 0 Å². The molecule has 0 aliphatic rings. The molecule has 12 aromatic carbocycles. The summed E-state index contributed by atoms with van der Waals surface area (Å²) in [7, 11) is 0. The Morgan fingerprint density at radius 1 is 0.201 bits per heavy atom. The van der Waals surface area contributed by atoms with E-state index in [2.05, 4.69) is 44.9 Å². The van der Waals surface area contributed by atoms with Crippen molar-refractivity contribution in [1.29, 1.82) is 0 Å². The normalized spacial score (nSPS) is 10.6. The predicted octanol–water partition coefficient (Wildman–Crippen LogP) is 19.9. The van der Waals surface area contributed by atoms with E-state index in [0.29, 0.717) is 115 Å². The van der Waals surface area contributed by atoms with E-state index in [1.807, 2.05) is 248 Å². The van der Waals surface area contributed by atoms with Crippen LogP contribution in [0.4, 0.5) is 0 Å². The van der Waals surface area contributed by atoms with Crippen LogP contribution in [0.1, 0.15) is 61.1 Å². The third-order valence-corrected chi connectivity index (χ3v) is 19.9. The minimum absolute atomic E-state index is 0.0269. The van der Waals surface area contributed by atoms with Crippen LogP contribution in [0.15, 0.2) is 279 Å². The monoisotopic (exact) mass is 1790 g/mol. The number of hydrogen-bond acceptors (Lipinski definition) is 28. The average Bonchev–Trinajstić information content (AvgIpc) is 0.804. The van der Waals surface area contributed by atoms with Crippen LogP contribution < -0.4 is 18.9 Å². The van der Waals surface area contributed by atoms with Gasteiger partial charge in [-0.3, -0.25) is 19.2 Å². The number of aryl methyl sites for hydroxylation is 6. The fourth-order valence-corrected chi connectivity index (χ4v) is 12.9. The van der Waals surface area contributed by atoms with Gasteiger partial charge in [-0.1, -0.05) is 240 Å². The maximum absolute atomic E-state index is 10.9. The Labute approximate surface area is 774 Å². The molecule has 4 aromatic heterocycles. The van der Waals surface area contributed by atoms with Crippen LogP contribution in [0, 0.1) is 41.5 Å². The number of aromatic nitrogens is 12. The Morgan fingerprint density at radius 3 is 0.515 bits per heavy atom. The first-order valence-corrected chi connectivity index (χ1v) is 42.7. The molecular formula is C106H96N12O16. The molecule has 0 saturated heterocycles. The number of ether oxygens (including phenoxy) is 8. The van der Waals surface area contributed by atoms with Crippen molar-refractivity contribution >= 4 is 23.9 Å². The first kappa shape index (κ1) is 94.6. The summed E-state index contributed by atoms with van der Waals surface area (Å²) < 4.78 is 41.6. The van der Waals surface area contributed by atoms with Gasteiger partial charge in [-0.15, -0.1) is 0 Å². The molecule has 16 aromatic rings. The quantitative estimate of drug-likeness (QED) is 0.0201. The smallest absolute Gasteiger partial charge is 0.302 e. The number of phenolic OH excluding ortho intramolecular Hbond substituents is 4. The molecule has 0 aliphatic heterocycles. The van der Waals surface area contributed by atoms with Crippen molar-refractivity contribution in [3.8, 4) is 183 Å². The molecule has 0 amide bonds. The van der Waals surface area contributed by atoms with Gasteiger partial charge < -0.3 is 58.3 Å². The van der Waals surface area contributed by atoms with Crippen LogP contribution in [0.3, 0.4) is 0 Å². The first-order valence-electron chi connectivity index (χ1n) is 42.7. The van der Waals surface area contributed by atoms with Gasteiger partial charge in [0.15, 0.2) is 69.9 Å². The molecule has 0 saturated carbocycles. The molecule has 0 bridgehead atoms. The Morgan fingerprint density at radius 2 is 0.358 bits per heavy atom. The number of benzene rings is 12. The second-order valence-corrected chi connectivity index (χ2v) is 30.6. The third kappa shape index (κ3) is 27.0. The molecule has 0 atom stereocenters. The number of rotatable bonds is 28. The van der Waals surface area contributed by atoms with Crippen LogP contribution in [-0.4, -0.2) is 157 Å². The first-order chi connectivity index (χ1) is 64.8. The highest BCUT2D eigenvalue weighted by atomic mass is 16.6. The standard InChI is InChI=1S/3C27H25N3O4.C25H21N3O4/c3*1-17-4-8-20(9-5-17)25-28-26(21-10-6-18(2)7-11-21)30-27(29-25)23-13-12-22(16-24(23)32)34-15-14-33-19(3)31;1-17(29)31-14-15-32-20-12-13-21(22(30)16-20)25-27-23(18-8-4-2-5-9-18)26-24(28-25)19-10-6-3-7-11-19/h3*4-13,16,32H,14-15H2,1-3H3;2-13,16,30H,14-15H2,1H3. The maximum atomic E-state index is 10.9. The lowest BCUT2D eigenvalue weighted by molar-refractivity contribution is -0.142. The highest BCUT2D eigenvalue weighted by Crippen LogP contribution is 2.39. The number of phenols is 4. The van der Waals surface area contributed by atoms with Crippen molar-refractivity contribution in [3.05, 3.63) is 312 Å². The number of hydrogen-bond donors (Lipinski definition) is 4. The van der Waals surface area contributed by atoms with Gasteiger partial charge in [0.25, 0.3) is 0 Å². The van der Waals surface area contributed by atoms with E-state index in [1.165, 1.54) is 52.0 Å². The van der Waals surface area contributed by atoms with E-state index in [4.69, 9.17) is 52.8 Å². The Bertz CT molecular complexity index is 6010. The van der Waals surface area contributed by atoms with Crippen LogP contribution in [0.25, 0.3) is 137 Å². The summed E-state index contributed by atoms with van der Waals surface area (Å²) in [5.74, 6) is 5.70. The molecule has 28 nitrogen and oxygen atoms in total. The van der Waals surface area contributed by atoms with Crippen molar-refractivity contribution in [2.45, 2.75) is 69.2 Å². The molecule has 4 N–H and O–H groups in total. The maximum Gasteiger partial charge on any atom is 0.302 e. The number of nitrogens with zero attached hydrogens (tertiary/aromatic N) is 12. The molecule has 4 heterocycles. The van der Waals surface area contributed by atoms with Gasteiger partial charge in [0.1, 0.15) is 98.9 Å². The summed E-state index contributed by atoms with van der Waals surface area (Å²) in [5.41, 5.74) is 15.5. The lowest BCUT2D eigenvalue weighted by Crippen LogP contribution is -2.09. The SMILES string of the molecule is CC(=O)OCCOc1ccc(-c2nc(-c3ccc(C)cc3)nc(-c3ccc(C)cc3)n2)c(O)c1.CC(=O)OCCOc1ccc(-c2nc(-c3ccc(C)cc3)nc(-c3ccc(C)cc3)n2)c(O)c1.CC(=O)OCCOc1ccc(-c2nc(-c3ccc(C)cc3)nc(-c3ccc(C)cc3)n2)c(O)c1.CC(=O)OCCOc1ccc(-c2nc(-c3ccccc3)nc(-c3ccccc3)n2)c(O)c1. The lowest BCUT2D eigenvalue weighted by Gasteiger charge is -2.11. The summed E-state index contributed by atoms with van der Waals surface area (Å²) in [4.78, 5) is 99.3. The zero-order chi connectivity index (χ0) is 94.6. The molecule has 0 spiro atoms. The highest BCUT2D eigenvalue weighted by molar-refractivity contribution is 5.77. The number of carbonyl (C=O) groups is 4. The minimum atomic E-state index is -0.370. The van der Waals surface area contributed by atoms with E-state index >= 15 is 0 Å². The fourth-order valence-electron chi connectivity index (χ4n) is 12.9. The van der Waals surface area contributed by atoms with E-state index in [-0.39, 0.29) is 99.7 Å². The minimum Gasteiger partial charge on any atom is -0.507 e. The lowest BCUT2D eigenvalue weighted by atomic mass is 10.1. The molecule has 16 rings (SSSR count). The largest absolute Gasteiger partial charge is 0.507 e. The van der Waals surface area contributed by atoms with Crippen LogP contribution in [0.5, 0.6) is 46.0 Å². The van der Waals surface area contributed by atoms with Gasteiger partial charge in [-0.25, -0.2) is 59.8 Å². The molecule has 0 aliphatic carbocycles. The van der Waals surface area contributed by atoms with Gasteiger partial charge in [0.05, 0.1) is 22.3 Å². The van der Waals surface area contributed by atoms with Crippen molar-refractivity contribution in [3.63, 3.8) is 0 Å². The fraction of sp³-hybridized carbons (Fsp3) is 0.170. The van der Waals surface area contributed by atoms with Crippen molar-refractivity contribution in [1.82, 2.24) is 59.8 Å². The Hall–Kier alpha value is -17.0. The molecule has 28 heteroatoms. The topological polar surface area (TPSA) is 378 Å². The van der Waals surface area contributed by atoms with Crippen LogP contribution in [-0.2, 0) is 38.1 Å². The van der Waals surface area contributed by atoms with E-state index in [1.54, 1.807) is 48.5 Å². The van der Waals surface area contributed by atoms with Gasteiger partial charge in [0, 0.05) is 96.5 Å². The number of esters is 4. The number of carbonyl (C=O) groups excluding carboxylic acids is 4. The Kier molecular flexibility index (Phi) is 32.3. The average molecular weight is 1790 g/mol. The van der Waals surface area contributed by atoms with E-state index in [9.17, 15) is 39.6 Å². The van der Waals surface area contributed by atoms with Crippen molar-refractivity contribution < 1.29 is 77.5 Å². The van der Waals surface area contributed by atoms with Gasteiger partial charge in [-0.05, 0) is 90.1 Å². The molecule has 676 valence electrons. The third-order valence-electron chi connectivity index (χ3n) is 19.9. The van der Waals surface area contributed by atoms with Crippen molar-refractivity contribution in [2.24, 2.45) is 0 Å². The molecule has 134 heavy (non-hydrogen) atoms. The second-order valence-electron chi connectivity index (χ2n) is 30.6. The molecule has 0 unspecified atom stereocenters. The van der Waals surface area contributed by atoms with Crippen molar-refractivity contribution in [2.75, 3.05) is 52.9 Å². The van der Waals surface area contributed by atoms with E-state index < -0.39 is 0 Å². The summed E-state index contributed by atoms with van der Waals surface area (Å²) in [5, 5.41) is 42.8. The zero-order valence-electron chi connectivity index (χ0n) is 75.3. The summed E-state index contributed by atoms with van der Waals surface area (Å²) in [6.07, 6.45) is 0. The second kappa shape index (κ2) is 45.8. The molecule has 0 fully saturated rings. The highest BCUT2D eigenvalue weighted by Gasteiger charge is 2.22. The zero-order valence-corrected chi connectivity index (χ0v) is 75.3. The molecule has 0 radical (unpaired) electrons. The summed E-state index contributed by atoms with van der Waals surface area (Å²) in [6.45, 7) is 18.7. The van der Waals surface area contributed by atoms with E-state index in [0.717, 1.165) is 77.9 Å². The van der Waals surface area contributed by atoms with Gasteiger partial charge in [0.2, 0.25) is 0 Å². The number of aromatic hydroxyl groups is 4. The molecular weight excluding hydrogens is 1700 g/mol. The Balaban J connectivity index is 0.000000152.